The van der Waals surface area contributed by atoms with E-state index in [-0.39, 0.29) is 36.2 Å². The minimum absolute atomic E-state index is 0.0230. The smallest absolute Gasteiger partial charge is 0.185 e. The number of methoxy groups -OCH3 is 1. The molecule has 0 radical (unpaired) electrons. The Balaban J connectivity index is 1.67. The van der Waals surface area contributed by atoms with Crippen molar-refractivity contribution in [2.75, 3.05) is 7.11 Å². The molecule has 0 amide bonds. The summed E-state index contributed by atoms with van der Waals surface area (Å²) in [4.78, 5) is 19.4. The molecule has 14 heteroatoms. The van der Waals surface area contributed by atoms with Gasteiger partial charge in [-0.25, -0.2) is 0 Å². The van der Waals surface area contributed by atoms with Crippen molar-refractivity contribution in [1.29, 1.82) is 0 Å². The first-order valence-electron chi connectivity index (χ1n) is 16.6. The highest BCUT2D eigenvalue weighted by molar-refractivity contribution is 5.81. The largest absolute Gasteiger partial charge is 0.368 e. The molecule has 15 atom stereocenters. The number of nitrogens with zero attached hydrogens (tertiary/aromatic N) is 6. The molecule has 0 bridgehead atoms. The molecule has 3 saturated heterocycles. The van der Waals surface area contributed by atoms with E-state index in [2.05, 4.69) is 27.0 Å². The third kappa shape index (κ3) is 8.28. The highest BCUT2D eigenvalue weighted by Gasteiger charge is 2.53. The van der Waals surface area contributed by atoms with Crippen molar-refractivity contribution in [2.24, 2.45) is 33.9 Å². The summed E-state index contributed by atoms with van der Waals surface area (Å²) in [5.41, 5.74) is 19.6. The van der Waals surface area contributed by atoms with Crippen LogP contribution in [0.5, 0.6) is 0 Å². The second-order valence-electron chi connectivity index (χ2n) is 13.0. The maximum Gasteiger partial charge on any atom is 0.185 e. The maximum atomic E-state index is 13.2. The number of hydrogen-bond acceptors (Lipinski definition) is 10. The van der Waals surface area contributed by atoms with Gasteiger partial charge in [0.25, 0.3) is 0 Å². The Morgan fingerprint density at radius 2 is 1.36 bits per heavy atom. The number of carbonyl (C=O) groups excluding carboxylic acids is 1. The molecule has 1 aromatic carbocycles. The molecule has 1 aromatic rings. The third-order valence-electron chi connectivity index (χ3n) is 10.1. The van der Waals surface area contributed by atoms with E-state index in [1.807, 2.05) is 65.0 Å². The molecule has 0 N–H and O–H groups in total. The summed E-state index contributed by atoms with van der Waals surface area (Å²) < 4.78 is 44.5. The van der Waals surface area contributed by atoms with E-state index < -0.39 is 67.4 Å². The van der Waals surface area contributed by atoms with Crippen molar-refractivity contribution >= 4 is 5.78 Å². The molecule has 0 saturated carbocycles. The Labute approximate surface area is 276 Å². The molecule has 0 spiro atoms. The van der Waals surface area contributed by atoms with E-state index in [0.29, 0.717) is 6.42 Å². The van der Waals surface area contributed by atoms with Crippen LogP contribution in [0.4, 0.5) is 0 Å². The quantitative estimate of drug-likeness (QED) is 0.131. The van der Waals surface area contributed by atoms with Crippen molar-refractivity contribution in [2.45, 2.75) is 135 Å². The van der Waals surface area contributed by atoms with E-state index in [9.17, 15) is 15.9 Å². The zero-order valence-electron chi connectivity index (χ0n) is 28.6. The predicted octanol–water partition coefficient (Wildman–Crippen LogP) is 6.47. The van der Waals surface area contributed by atoms with Gasteiger partial charge in [-0.1, -0.05) is 82.1 Å². The molecule has 3 heterocycles. The Hall–Kier alpha value is -2.77. The van der Waals surface area contributed by atoms with Crippen LogP contribution in [-0.2, 0) is 44.6 Å². The second-order valence-corrected chi connectivity index (χ2v) is 13.0. The van der Waals surface area contributed by atoms with Crippen LogP contribution in [0.2, 0.25) is 0 Å². The number of carbonyl (C=O) groups is 1. The van der Waals surface area contributed by atoms with Crippen molar-refractivity contribution in [3.63, 3.8) is 0 Å². The summed E-state index contributed by atoms with van der Waals surface area (Å²) >= 11 is 0. The molecule has 3 aliphatic rings. The predicted molar refractivity (Wildman–Crippen MR) is 172 cm³/mol. The number of benzene rings is 1. The molecule has 260 valence electrons. The monoisotopic (exact) mass is 658 g/mol. The topological polar surface area (TPSA) is 179 Å². The minimum Gasteiger partial charge on any atom is -0.368 e. The van der Waals surface area contributed by atoms with E-state index in [4.69, 9.17) is 33.2 Å². The van der Waals surface area contributed by atoms with E-state index in [1.54, 1.807) is 0 Å². The molecule has 0 aliphatic carbocycles. The Bertz CT molecular complexity index is 1260. The summed E-state index contributed by atoms with van der Waals surface area (Å²) in [7, 11) is 1.51. The second kappa shape index (κ2) is 17.1. The zero-order valence-corrected chi connectivity index (χ0v) is 28.6. The zero-order chi connectivity index (χ0) is 34.2. The van der Waals surface area contributed by atoms with Gasteiger partial charge in [-0.15, -0.1) is 0 Å². The van der Waals surface area contributed by atoms with Gasteiger partial charge in [0.15, 0.2) is 24.7 Å². The minimum atomic E-state index is -1.03. The first-order valence-corrected chi connectivity index (χ1v) is 16.6. The van der Waals surface area contributed by atoms with Crippen LogP contribution in [0.1, 0.15) is 66.9 Å². The lowest BCUT2D eigenvalue weighted by atomic mass is 9.81. The van der Waals surface area contributed by atoms with Crippen LogP contribution in [0.25, 0.3) is 20.9 Å². The van der Waals surface area contributed by atoms with E-state index in [1.165, 1.54) is 14.0 Å². The average Bonchev–Trinajstić information content (AvgIpc) is 3.07. The molecular weight excluding hydrogens is 608 g/mol. The first kappa shape index (κ1) is 37.1. The molecule has 4 rings (SSSR count). The van der Waals surface area contributed by atoms with Gasteiger partial charge in [0.05, 0.1) is 43.1 Å². The van der Waals surface area contributed by atoms with Crippen LogP contribution in [0.3, 0.4) is 0 Å². The average molecular weight is 659 g/mol. The van der Waals surface area contributed by atoms with Gasteiger partial charge in [0, 0.05) is 22.9 Å². The van der Waals surface area contributed by atoms with Gasteiger partial charge in [0.1, 0.15) is 12.2 Å². The van der Waals surface area contributed by atoms with Crippen LogP contribution in [0, 0.1) is 23.7 Å². The van der Waals surface area contributed by atoms with Gasteiger partial charge in [-0.05, 0) is 54.1 Å². The summed E-state index contributed by atoms with van der Waals surface area (Å²) in [5, 5.41) is 8.03. The molecule has 47 heavy (non-hydrogen) atoms. The lowest BCUT2D eigenvalue weighted by Gasteiger charge is -2.50. The molecule has 6 unspecified atom stereocenters. The van der Waals surface area contributed by atoms with Crippen LogP contribution in [-0.4, -0.2) is 80.5 Å². The summed E-state index contributed by atoms with van der Waals surface area (Å²) in [5.74, 6) is -0.895. The van der Waals surface area contributed by atoms with Gasteiger partial charge >= 0.3 is 0 Å². The number of ether oxygens (including phenoxy) is 7. The van der Waals surface area contributed by atoms with Gasteiger partial charge in [-0.2, -0.15) is 0 Å². The van der Waals surface area contributed by atoms with E-state index in [0.717, 1.165) is 12.0 Å². The molecule has 0 aromatic heterocycles. The highest BCUT2D eigenvalue weighted by atomic mass is 16.7. The third-order valence-corrected chi connectivity index (χ3v) is 10.1. The highest BCUT2D eigenvalue weighted by Crippen LogP contribution is 2.41. The normalized spacial score (nSPS) is 40.6. The fraction of sp³-hybridized carbons (Fsp3) is 0.788. The fourth-order valence-corrected chi connectivity index (χ4v) is 7.09. The molecular formula is C33H50N6O8. The Kier molecular flexibility index (Phi) is 13.4. The van der Waals surface area contributed by atoms with Crippen LogP contribution < -0.4 is 0 Å². The Morgan fingerprint density at radius 1 is 0.766 bits per heavy atom. The van der Waals surface area contributed by atoms with Crippen molar-refractivity contribution in [3.8, 4) is 0 Å². The Morgan fingerprint density at radius 3 is 1.94 bits per heavy atom. The lowest BCUT2D eigenvalue weighted by Crippen LogP contribution is -2.62. The molecule has 3 aliphatic heterocycles. The molecule has 14 nitrogen and oxygen atoms in total. The number of hydrogen-bond donors (Lipinski definition) is 0. The summed E-state index contributed by atoms with van der Waals surface area (Å²) in [6.45, 7) is 13.7. The lowest BCUT2D eigenvalue weighted by molar-refractivity contribution is -0.349. The van der Waals surface area contributed by atoms with Gasteiger partial charge in [0.2, 0.25) is 0 Å². The maximum absolute atomic E-state index is 13.2. The van der Waals surface area contributed by atoms with Gasteiger partial charge < -0.3 is 33.2 Å². The number of rotatable bonds is 13. The first-order chi connectivity index (χ1) is 22.6. The van der Waals surface area contributed by atoms with Crippen molar-refractivity contribution < 1.29 is 38.0 Å². The van der Waals surface area contributed by atoms with E-state index >= 15 is 0 Å². The number of azide groups is 2. The summed E-state index contributed by atoms with van der Waals surface area (Å²) in [6, 6.07) is 8.47. The molecule has 3 fully saturated rings. The van der Waals surface area contributed by atoms with Crippen LogP contribution >= 0.6 is 0 Å². The van der Waals surface area contributed by atoms with Crippen molar-refractivity contribution in [3.05, 3.63) is 56.8 Å². The SMILES string of the molecule is CCC1O[C@H](O[C@@H]2C(C(C)=O)O[C@@H](O[C@@H]3C(CC)O[C@H](OC)C(N=[N+]=[N-])[C@H]3C)C(OCc3ccccc3)[C@H]2C)C(N=[N+]=[N-])[C@@H](C)[C@@H]1C. The van der Waals surface area contributed by atoms with Crippen LogP contribution in [0.15, 0.2) is 40.6 Å². The van der Waals surface area contributed by atoms with Crippen molar-refractivity contribution in [1.82, 2.24) is 0 Å². The number of Topliss-reactive ketones (excluding diaryl/α,β-unsaturated/α-hetero) is 1. The summed E-state index contributed by atoms with van der Waals surface area (Å²) in [6.07, 6.45) is -4.91. The fourth-order valence-electron chi connectivity index (χ4n) is 7.09. The van der Waals surface area contributed by atoms with Gasteiger partial charge in [-0.3, -0.25) is 4.79 Å². The standard InChI is InChI=1S/C33H50N6O8/c1-9-23-17(3)18(4)25(36-38-34)32(43-23)46-28-20(6)29(42-16-22-14-12-11-13-15-22)33(47-30(28)21(7)40)45-27-19(5)26(37-39-35)31(41-8)44-24(27)10-2/h11-15,17-20,23-33H,9-10,16H2,1-8H3/t17-,18-,19+,20-,23?,24?,25?,26?,27-,28-,29?,30?,31-,32+,33+/m0/s1. The number of ketones is 1.